The summed E-state index contributed by atoms with van der Waals surface area (Å²) in [7, 11) is 1.62. The lowest BCUT2D eigenvalue weighted by Gasteiger charge is -2.32. The molecular weight excluding hydrogens is 374 g/mol. The lowest BCUT2D eigenvalue weighted by molar-refractivity contribution is 0.208. The number of fused-ring (bicyclic) bond motifs is 1. The number of allylic oxidation sites excluding steroid dienone is 1. The van der Waals surface area contributed by atoms with Gasteiger partial charge in [-0.2, -0.15) is 27.8 Å². The fraction of sp³-hybridized carbons (Fsp3) is 0.333. The standard InChI is InChI=1S/C21H21N3OS2/c1-25-24-19(14-3-2-4-14)20-17-5-8-21(11-18(17)22-23-20,15-6-9-26-12-15)16-7-10-27-13-16/h5-10,12-14H,2-4,11H2,1H3,(H,22,23). The van der Waals surface area contributed by atoms with Gasteiger partial charge in [-0.3, -0.25) is 5.10 Å². The number of nitrogens with one attached hydrogen (secondary N) is 1. The number of hydrogen-bond acceptors (Lipinski definition) is 5. The molecule has 3 aromatic rings. The molecule has 0 amide bonds. The van der Waals surface area contributed by atoms with Crippen molar-refractivity contribution in [3.8, 4) is 0 Å². The van der Waals surface area contributed by atoms with E-state index in [2.05, 4.69) is 61.2 Å². The Morgan fingerprint density at radius 2 is 1.96 bits per heavy atom. The molecule has 5 rings (SSSR count). The summed E-state index contributed by atoms with van der Waals surface area (Å²) in [6.45, 7) is 0. The van der Waals surface area contributed by atoms with Gasteiger partial charge in [0.05, 0.1) is 0 Å². The number of oxime groups is 1. The van der Waals surface area contributed by atoms with Gasteiger partial charge < -0.3 is 4.84 Å². The lowest BCUT2D eigenvalue weighted by atomic mass is 9.70. The van der Waals surface area contributed by atoms with Crippen LogP contribution >= 0.6 is 22.7 Å². The van der Waals surface area contributed by atoms with Gasteiger partial charge in [-0.1, -0.05) is 23.7 Å². The van der Waals surface area contributed by atoms with Crippen molar-refractivity contribution < 1.29 is 4.84 Å². The minimum atomic E-state index is -0.133. The highest BCUT2D eigenvalue weighted by Gasteiger charge is 2.38. The Morgan fingerprint density at radius 3 is 2.52 bits per heavy atom. The van der Waals surface area contributed by atoms with Crippen LogP contribution in [0.4, 0.5) is 0 Å². The molecular formula is C21H21N3OS2. The van der Waals surface area contributed by atoms with Crippen LogP contribution in [0.3, 0.4) is 0 Å². The molecule has 1 fully saturated rings. The maximum atomic E-state index is 5.15. The fourth-order valence-electron chi connectivity index (χ4n) is 4.15. The summed E-state index contributed by atoms with van der Waals surface area (Å²) in [5.74, 6) is 0.464. The zero-order chi connectivity index (χ0) is 18.3. The Hall–Kier alpha value is -2.18. The zero-order valence-electron chi connectivity index (χ0n) is 15.1. The zero-order valence-corrected chi connectivity index (χ0v) is 16.8. The highest BCUT2D eigenvalue weighted by molar-refractivity contribution is 7.08. The van der Waals surface area contributed by atoms with E-state index in [4.69, 9.17) is 4.84 Å². The van der Waals surface area contributed by atoms with Gasteiger partial charge >= 0.3 is 0 Å². The molecule has 4 nitrogen and oxygen atoms in total. The molecule has 2 aliphatic carbocycles. The second kappa shape index (κ2) is 6.77. The highest BCUT2D eigenvalue weighted by atomic mass is 32.1. The third kappa shape index (κ3) is 2.70. The summed E-state index contributed by atoms with van der Waals surface area (Å²) >= 11 is 3.50. The summed E-state index contributed by atoms with van der Waals surface area (Å²) in [6.07, 6.45) is 9.06. The number of aromatic amines is 1. The Kier molecular flexibility index (Phi) is 4.25. The quantitative estimate of drug-likeness (QED) is 0.474. The van der Waals surface area contributed by atoms with E-state index in [-0.39, 0.29) is 5.41 Å². The Bertz CT molecular complexity index is 945. The van der Waals surface area contributed by atoms with Crippen LogP contribution in [0.2, 0.25) is 0 Å². The molecule has 27 heavy (non-hydrogen) atoms. The van der Waals surface area contributed by atoms with Crippen molar-refractivity contribution >= 4 is 34.5 Å². The average Bonchev–Trinajstić information content (AvgIpc) is 3.40. The number of H-pyrrole nitrogens is 1. The van der Waals surface area contributed by atoms with Gasteiger partial charge in [-0.05, 0) is 57.6 Å². The van der Waals surface area contributed by atoms with E-state index < -0.39 is 0 Å². The normalized spacial score (nSPS) is 18.9. The SMILES string of the molecule is CON=C(c1n[nH]c2c1C=CC(c1ccsc1)(c1ccsc1)C2)C1CCC1. The summed E-state index contributed by atoms with van der Waals surface area (Å²) < 4.78 is 0. The molecule has 6 heteroatoms. The molecule has 1 saturated carbocycles. The molecule has 0 unspecified atom stereocenters. The Balaban J connectivity index is 1.59. The van der Waals surface area contributed by atoms with Gasteiger partial charge in [-0.25, -0.2) is 0 Å². The van der Waals surface area contributed by atoms with E-state index in [1.54, 1.807) is 29.8 Å². The first-order valence-electron chi connectivity index (χ1n) is 9.25. The van der Waals surface area contributed by atoms with E-state index in [0.29, 0.717) is 5.92 Å². The van der Waals surface area contributed by atoms with Crippen molar-refractivity contribution in [2.75, 3.05) is 7.11 Å². The molecule has 1 N–H and O–H groups in total. The molecule has 138 valence electrons. The monoisotopic (exact) mass is 395 g/mol. The first kappa shape index (κ1) is 17.0. The second-order valence-electron chi connectivity index (χ2n) is 7.26. The van der Waals surface area contributed by atoms with Crippen molar-refractivity contribution in [2.45, 2.75) is 31.1 Å². The average molecular weight is 396 g/mol. The second-order valence-corrected chi connectivity index (χ2v) is 8.82. The number of rotatable bonds is 5. The minimum Gasteiger partial charge on any atom is -0.399 e. The summed E-state index contributed by atoms with van der Waals surface area (Å²) in [5.41, 5.74) is 6.84. The topological polar surface area (TPSA) is 50.3 Å². The van der Waals surface area contributed by atoms with E-state index in [0.717, 1.165) is 17.8 Å². The van der Waals surface area contributed by atoms with E-state index in [9.17, 15) is 0 Å². The van der Waals surface area contributed by atoms with Crippen LogP contribution in [0.15, 0.2) is 44.9 Å². The van der Waals surface area contributed by atoms with Crippen molar-refractivity contribution in [1.82, 2.24) is 10.2 Å². The van der Waals surface area contributed by atoms with E-state index >= 15 is 0 Å². The number of nitrogens with zero attached hydrogens (tertiary/aromatic N) is 2. The maximum absolute atomic E-state index is 5.15. The molecule has 3 heterocycles. The van der Waals surface area contributed by atoms with E-state index in [1.165, 1.54) is 41.6 Å². The van der Waals surface area contributed by atoms with Crippen molar-refractivity contribution in [2.24, 2.45) is 11.1 Å². The summed E-state index contributed by atoms with van der Waals surface area (Å²) in [6, 6.07) is 4.47. The Labute approximate surface area is 166 Å². The van der Waals surface area contributed by atoms with Gasteiger partial charge in [0.25, 0.3) is 0 Å². The first-order chi connectivity index (χ1) is 13.3. The summed E-state index contributed by atoms with van der Waals surface area (Å²) in [4.78, 5) is 5.15. The van der Waals surface area contributed by atoms with Crippen LogP contribution in [0.25, 0.3) is 6.08 Å². The minimum absolute atomic E-state index is 0.133. The van der Waals surface area contributed by atoms with Crippen LogP contribution in [0, 0.1) is 5.92 Å². The molecule has 2 aliphatic rings. The molecule has 0 spiro atoms. The van der Waals surface area contributed by atoms with Gasteiger partial charge in [0.2, 0.25) is 0 Å². The highest BCUT2D eigenvalue weighted by Crippen LogP contribution is 2.43. The molecule has 3 aromatic heterocycles. The number of thiophene rings is 2. The predicted molar refractivity (Wildman–Crippen MR) is 112 cm³/mol. The van der Waals surface area contributed by atoms with Crippen molar-refractivity contribution in [3.05, 3.63) is 67.8 Å². The molecule has 0 saturated heterocycles. The van der Waals surface area contributed by atoms with Crippen molar-refractivity contribution in [3.63, 3.8) is 0 Å². The molecule has 0 aromatic carbocycles. The maximum Gasteiger partial charge on any atom is 0.117 e. The summed E-state index contributed by atoms with van der Waals surface area (Å²) in [5, 5.41) is 21.2. The largest absolute Gasteiger partial charge is 0.399 e. The van der Waals surface area contributed by atoms with Gasteiger partial charge in [-0.15, -0.1) is 0 Å². The fourth-order valence-corrected chi connectivity index (χ4v) is 5.63. The van der Waals surface area contributed by atoms with Crippen LogP contribution < -0.4 is 0 Å². The van der Waals surface area contributed by atoms with Crippen LogP contribution in [-0.2, 0) is 16.7 Å². The first-order valence-corrected chi connectivity index (χ1v) is 11.1. The number of hydrogen-bond donors (Lipinski definition) is 1. The molecule has 0 bridgehead atoms. The predicted octanol–water partition coefficient (Wildman–Crippen LogP) is 5.24. The lowest BCUT2D eigenvalue weighted by Crippen LogP contribution is -2.30. The van der Waals surface area contributed by atoms with Crippen LogP contribution in [-0.4, -0.2) is 23.0 Å². The van der Waals surface area contributed by atoms with Crippen LogP contribution in [0.5, 0.6) is 0 Å². The number of aromatic nitrogens is 2. The third-order valence-electron chi connectivity index (χ3n) is 5.87. The third-order valence-corrected chi connectivity index (χ3v) is 7.24. The van der Waals surface area contributed by atoms with Gasteiger partial charge in [0.1, 0.15) is 18.5 Å². The Morgan fingerprint density at radius 1 is 1.22 bits per heavy atom. The van der Waals surface area contributed by atoms with Crippen LogP contribution in [0.1, 0.15) is 47.3 Å². The molecule has 0 aliphatic heterocycles. The van der Waals surface area contributed by atoms with Gasteiger partial charge in [0, 0.05) is 29.0 Å². The molecule has 0 atom stereocenters. The smallest absolute Gasteiger partial charge is 0.117 e. The van der Waals surface area contributed by atoms with Crippen molar-refractivity contribution in [1.29, 1.82) is 0 Å². The van der Waals surface area contributed by atoms with Gasteiger partial charge in [0.15, 0.2) is 0 Å². The van der Waals surface area contributed by atoms with E-state index in [1.807, 2.05) is 0 Å². The molecule has 0 radical (unpaired) electrons.